The van der Waals surface area contributed by atoms with Gasteiger partial charge in [-0.3, -0.25) is 28.5 Å². The quantitative estimate of drug-likeness (QED) is 0.0315. The third-order valence-electron chi connectivity index (χ3n) is 12.3. The Bertz CT molecular complexity index is 2680. The fourth-order valence-corrected chi connectivity index (χ4v) is 9.40. The van der Waals surface area contributed by atoms with Crippen molar-refractivity contribution in [1.29, 1.82) is 0 Å². The normalized spacial score (nSPS) is 14.3. The summed E-state index contributed by atoms with van der Waals surface area (Å²) in [5.41, 5.74) is 6.91. The van der Waals surface area contributed by atoms with Gasteiger partial charge in [-0.05, 0) is 114 Å². The molecule has 6 atom stereocenters. The molecule has 8 N–H and O–H groups in total. The number of hydrogen-bond acceptors (Lipinski definition) is 11. The predicted octanol–water partition coefficient (Wildman–Crippen LogP) is 6.82. The van der Waals surface area contributed by atoms with Crippen LogP contribution in [0.1, 0.15) is 104 Å². The van der Waals surface area contributed by atoms with Gasteiger partial charge < -0.3 is 46.9 Å². The molecule has 76 heavy (non-hydrogen) atoms. The Kier molecular flexibility index (Phi) is 21.0. The maximum absolute atomic E-state index is 14.8. The zero-order valence-electron chi connectivity index (χ0n) is 45.2. The number of benzene rings is 4. The van der Waals surface area contributed by atoms with E-state index >= 15 is 0 Å². The Morgan fingerprint density at radius 1 is 0.645 bits per heavy atom. The molecule has 0 radical (unpaired) electrons. The molecular formula is C58H75N7O10S. The molecule has 5 rings (SSSR count). The lowest BCUT2D eigenvalue weighted by molar-refractivity contribution is -0.150. The fraction of sp³-hybridized carbons (Fsp3) is 0.431. The molecule has 0 spiro atoms. The van der Waals surface area contributed by atoms with Gasteiger partial charge in [0, 0.05) is 11.6 Å². The number of aromatic nitrogens is 1. The smallest absolute Gasteiger partial charge is 0.419 e. The molecule has 18 heteroatoms. The van der Waals surface area contributed by atoms with Gasteiger partial charge in [0.15, 0.2) is 6.04 Å². The number of nitrogens with zero attached hydrogens (tertiary/aromatic N) is 1. The Hall–Kier alpha value is -7.02. The van der Waals surface area contributed by atoms with E-state index in [0.29, 0.717) is 38.9 Å². The molecule has 5 amide bonds. The Morgan fingerprint density at radius 3 is 1.63 bits per heavy atom. The molecule has 0 aliphatic rings. The maximum Gasteiger partial charge on any atom is 0.419 e. The first-order valence-electron chi connectivity index (χ1n) is 25.5. The van der Waals surface area contributed by atoms with Crippen LogP contribution in [0.2, 0.25) is 0 Å². The zero-order chi connectivity index (χ0) is 56.0. The van der Waals surface area contributed by atoms with Crippen LogP contribution < -0.4 is 32.3 Å². The summed E-state index contributed by atoms with van der Waals surface area (Å²) in [7, 11) is 0. The van der Waals surface area contributed by atoms with Crippen LogP contribution in [-0.2, 0) is 50.2 Å². The highest BCUT2D eigenvalue weighted by molar-refractivity contribution is 7.98. The summed E-state index contributed by atoms with van der Waals surface area (Å²) in [5.74, 6) is -5.03. The number of nitrogens with one attached hydrogen (secondary N) is 5. The second kappa shape index (κ2) is 26.6. The monoisotopic (exact) mass is 1060 g/mol. The van der Waals surface area contributed by atoms with Crippen molar-refractivity contribution in [3.63, 3.8) is 0 Å². The van der Waals surface area contributed by atoms with Gasteiger partial charge in [-0.15, -0.1) is 0 Å². The van der Waals surface area contributed by atoms with Crippen molar-refractivity contribution in [2.45, 2.75) is 141 Å². The number of carbonyl (C=O) groups is 7. The van der Waals surface area contributed by atoms with Gasteiger partial charge in [-0.1, -0.05) is 123 Å². The number of thioether (sulfide) groups is 1. The van der Waals surface area contributed by atoms with Gasteiger partial charge in [0.25, 0.3) is 0 Å². The highest BCUT2D eigenvalue weighted by Gasteiger charge is 2.41. The summed E-state index contributed by atoms with van der Waals surface area (Å²) in [4.78, 5) is 98.2. The van der Waals surface area contributed by atoms with E-state index in [-0.39, 0.29) is 25.2 Å². The van der Waals surface area contributed by atoms with Gasteiger partial charge in [0.1, 0.15) is 29.3 Å². The number of rotatable bonds is 24. The largest absolute Gasteiger partial charge is 0.480 e. The molecule has 1 aromatic heterocycles. The lowest BCUT2D eigenvalue weighted by Crippen LogP contribution is -2.60. The van der Waals surface area contributed by atoms with E-state index in [9.17, 15) is 38.7 Å². The first kappa shape index (κ1) is 59.9. The number of aliphatic carboxylic acids is 1. The summed E-state index contributed by atoms with van der Waals surface area (Å²) in [6.45, 7) is 15.7. The van der Waals surface area contributed by atoms with Crippen molar-refractivity contribution in [3.8, 4) is 0 Å². The molecule has 0 aliphatic heterocycles. The first-order valence-corrected chi connectivity index (χ1v) is 26.9. The molecule has 5 aromatic rings. The average Bonchev–Trinajstić information content (AvgIpc) is 3.74. The molecule has 0 bridgehead atoms. The van der Waals surface area contributed by atoms with Crippen LogP contribution in [0.4, 0.5) is 4.79 Å². The van der Waals surface area contributed by atoms with Gasteiger partial charge in [-0.25, -0.2) is 9.59 Å². The van der Waals surface area contributed by atoms with Crippen LogP contribution in [0.3, 0.4) is 0 Å². The molecule has 4 aromatic carbocycles. The molecule has 1 heterocycles. The van der Waals surface area contributed by atoms with Gasteiger partial charge in [-0.2, -0.15) is 11.8 Å². The van der Waals surface area contributed by atoms with E-state index in [4.69, 9.17) is 15.2 Å². The molecule has 0 saturated heterocycles. The highest BCUT2D eigenvalue weighted by Crippen LogP contribution is 2.37. The average molecular weight is 1060 g/mol. The van der Waals surface area contributed by atoms with E-state index in [1.807, 2.05) is 117 Å². The Morgan fingerprint density at radius 2 is 1.13 bits per heavy atom. The number of carbonyl (C=O) groups excluding carboxylic acids is 6. The van der Waals surface area contributed by atoms with E-state index in [1.54, 1.807) is 65.9 Å². The summed E-state index contributed by atoms with van der Waals surface area (Å²) in [5, 5.41) is 25.0. The predicted molar refractivity (Wildman–Crippen MR) is 295 cm³/mol. The SMILES string of the molecule is CSCC[C@H](NC(=O)[C@H](CC(C)C)NC(=O)[C@@H](N)Cc1cn(C(=O)OC(C)(C)C)c2ccccc12)C(=O)N[C@@H](CC(=O)NC(c1ccccc1)(c1ccccc1)c1ccccc1)C(=O)N[C@H](C(=O)O)[C@@H](C)OC(C)(C)C. The third-order valence-corrected chi connectivity index (χ3v) is 12.9. The van der Waals surface area contributed by atoms with Crippen LogP contribution in [0.15, 0.2) is 121 Å². The number of fused-ring (bicyclic) bond motifs is 1. The topological polar surface area (TPSA) is 249 Å². The van der Waals surface area contributed by atoms with Crippen LogP contribution >= 0.6 is 11.8 Å². The summed E-state index contributed by atoms with van der Waals surface area (Å²) in [6.07, 6.45) is 1.30. The summed E-state index contributed by atoms with van der Waals surface area (Å²) in [6, 6.07) is 28.1. The second-order valence-electron chi connectivity index (χ2n) is 21.3. The number of para-hydroxylation sites is 1. The molecule has 17 nitrogen and oxygen atoms in total. The molecule has 0 aliphatic carbocycles. The summed E-state index contributed by atoms with van der Waals surface area (Å²) < 4.78 is 12.9. The lowest BCUT2D eigenvalue weighted by atomic mass is 9.77. The van der Waals surface area contributed by atoms with Crippen molar-refractivity contribution in [3.05, 3.63) is 144 Å². The number of carboxylic acid groups (broad SMARTS) is 1. The van der Waals surface area contributed by atoms with E-state index in [1.165, 1.54) is 23.3 Å². The van der Waals surface area contributed by atoms with Crippen LogP contribution in [0, 0.1) is 5.92 Å². The van der Waals surface area contributed by atoms with Crippen LogP contribution in [0.25, 0.3) is 10.9 Å². The Balaban J connectivity index is 1.44. The minimum absolute atomic E-state index is 0.000948. The number of ether oxygens (including phenoxy) is 2. The van der Waals surface area contributed by atoms with Crippen molar-refractivity contribution in [2.75, 3.05) is 12.0 Å². The standard InChI is InChI=1S/C58H75N7O10S/c1-36(2)32-45(61-50(67)43(59)33-38-35-65(55(73)75-57(7,8)9)47-29-21-20-28-42(38)47)52(69)60-44(30-31-76-10)51(68)62-46(53(70)63-49(54(71)72)37(3)74-56(4,5)6)34-48(66)64-58(39-22-14-11-15-23-39,40-24-16-12-17-25-40)41-26-18-13-19-27-41/h11-29,35-37,43-46,49H,30-34,59H2,1-10H3,(H,60,69)(H,61,67)(H,62,68)(H,63,70)(H,64,66)(H,71,72)/t37-,43+,44+,45+,46+,49+/m1/s1. The molecule has 408 valence electrons. The van der Waals surface area contributed by atoms with E-state index in [2.05, 4.69) is 26.6 Å². The number of nitrogens with two attached hydrogens (primary N) is 1. The van der Waals surface area contributed by atoms with Gasteiger partial charge in [0.2, 0.25) is 29.5 Å². The first-order chi connectivity index (χ1) is 35.8. The van der Waals surface area contributed by atoms with E-state index in [0.717, 1.165) is 0 Å². The van der Waals surface area contributed by atoms with Crippen molar-refractivity contribution in [1.82, 2.24) is 31.2 Å². The third kappa shape index (κ3) is 16.5. The molecular weight excluding hydrogens is 987 g/mol. The number of amides is 5. The van der Waals surface area contributed by atoms with Crippen molar-refractivity contribution >= 4 is 64.3 Å². The number of hydrogen-bond donors (Lipinski definition) is 7. The summed E-state index contributed by atoms with van der Waals surface area (Å²) >= 11 is 1.40. The maximum atomic E-state index is 14.8. The molecule has 0 unspecified atom stereocenters. The van der Waals surface area contributed by atoms with Gasteiger partial charge >= 0.3 is 12.1 Å². The zero-order valence-corrected chi connectivity index (χ0v) is 46.0. The second-order valence-corrected chi connectivity index (χ2v) is 22.3. The van der Waals surface area contributed by atoms with Crippen molar-refractivity contribution < 1.29 is 48.1 Å². The van der Waals surface area contributed by atoms with Gasteiger partial charge in [0.05, 0.1) is 29.7 Å². The van der Waals surface area contributed by atoms with Crippen LogP contribution in [0.5, 0.6) is 0 Å². The fourth-order valence-electron chi connectivity index (χ4n) is 8.93. The highest BCUT2D eigenvalue weighted by atomic mass is 32.2. The van der Waals surface area contributed by atoms with E-state index < -0.39 is 101 Å². The number of carboxylic acids is 1. The lowest BCUT2D eigenvalue weighted by Gasteiger charge is -2.37. The Labute approximate surface area is 450 Å². The van der Waals surface area contributed by atoms with Crippen molar-refractivity contribution in [2.24, 2.45) is 11.7 Å². The minimum atomic E-state index is -1.68. The molecule has 0 saturated carbocycles. The molecule has 0 fully saturated rings. The minimum Gasteiger partial charge on any atom is -0.480 e. The van der Waals surface area contributed by atoms with Crippen LogP contribution in [-0.4, -0.2) is 111 Å².